The summed E-state index contributed by atoms with van der Waals surface area (Å²) in [6.45, 7) is 1.44. The Hall–Kier alpha value is -1.43. The van der Waals surface area contributed by atoms with Crippen molar-refractivity contribution in [2.45, 2.75) is 18.9 Å². The van der Waals surface area contributed by atoms with Crippen molar-refractivity contribution < 1.29 is 4.79 Å². The van der Waals surface area contributed by atoms with Crippen LogP contribution >= 0.6 is 15.9 Å². The van der Waals surface area contributed by atoms with Crippen molar-refractivity contribution in [3.05, 3.63) is 22.7 Å². The fourth-order valence-corrected chi connectivity index (χ4v) is 2.84. The van der Waals surface area contributed by atoms with E-state index in [-0.39, 0.29) is 6.03 Å². The molecule has 2 rings (SSSR count). The van der Waals surface area contributed by atoms with E-state index in [1.165, 1.54) is 0 Å². The highest BCUT2D eigenvalue weighted by molar-refractivity contribution is 9.10. The number of carbonyl (C=O) groups excluding carboxylic acids is 1. The minimum atomic E-state index is -0.320. The number of urea groups is 1. The smallest absolute Gasteiger partial charge is 0.314 e. The maximum absolute atomic E-state index is 11.1. The second kappa shape index (κ2) is 6.35. The quantitative estimate of drug-likeness (QED) is 0.888. The summed E-state index contributed by atoms with van der Waals surface area (Å²) < 4.78 is 1.06. The summed E-state index contributed by atoms with van der Waals surface area (Å²) in [6.07, 6.45) is 1.84. The Morgan fingerprint density at radius 3 is 2.60 bits per heavy atom. The van der Waals surface area contributed by atoms with Gasteiger partial charge in [-0.3, -0.25) is 0 Å². The summed E-state index contributed by atoms with van der Waals surface area (Å²) in [5, 5.41) is 3.58. The number of anilines is 2. The number of nitrogens with two attached hydrogens (primary N) is 1. The maximum Gasteiger partial charge on any atom is 0.314 e. The summed E-state index contributed by atoms with van der Waals surface area (Å²) in [4.78, 5) is 14.9. The number of carbonyl (C=O) groups is 1. The largest absolute Gasteiger partial charge is 0.380 e. The van der Waals surface area contributed by atoms with E-state index in [1.807, 2.05) is 20.2 Å². The fraction of sp³-hybridized carbons (Fsp3) is 0.500. The van der Waals surface area contributed by atoms with E-state index in [0.717, 1.165) is 41.8 Å². The van der Waals surface area contributed by atoms with E-state index in [9.17, 15) is 4.79 Å². The number of piperidine rings is 1. The Morgan fingerprint density at radius 1 is 1.40 bits per heavy atom. The monoisotopic (exact) mass is 340 g/mol. The molecule has 0 spiro atoms. The highest BCUT2D eigenvalue weighted by atomic mass is 79.9. The van der Waals surface area contributed by atoms with Crippen molar-refractivity contribution in [2.24, 2.45) is 5.73 Å². The van der Waals surface area contributed by atoms with Gasteiger partial charge in [-0.15, -0.1) is 0 Å². The molecule has 5 nitrogen and oxygen atoms in total. The molecule has 1 aromatic carbocycles. The number of hydrogen-bond acceptors (Lipinski definition) is 3. The molecular weight excluding hydrogens is 320 g/mol. The number of nitrogens with one attached hydrogen (secondary N) is 1. The van der Waals surface area contributed by atoms with Gasteiger partial charge in [-0.1, -0.05) is 15.9 Å². The van der Waals surface area contributed by atoms with Crippen LogP contribution in [0.5, 0.6) is 0 Å². The van der Waals surface area contributed by atoms with Gasteiger partial charge in [0.25, 0.3) is 0 Å². The van der Waals surface area contributed by atoms with Crippen LogP contribution in [-0.4, -0.2) is 44.2 Å². The summed E-state index contributed by atoms with van der Waals surface area (Å²) in [5.74, 6) is 0. The number of nitrogens with zero attached hydrogens (tertiary/aromatic N) is 2. The van der Waals surface area contributed by atoms with Gasteiger partial charge in [0.05, 0.1) is 11.4 Å². The topological polar surface area (TPSA) is 61.6 Å². The SMILES string of the molecule is CN(C)c1ccc(Br)cc1NC1CCN(C(N)=O)CC1. The van der Waals surface area contributed by atoms with Crippen molar-refractivity contribution in [3.8, 4) is 0 Å². The second-order valence-corrected chi connectivity index (χ2v) is 6.22. The lowest BCUT2D eigenvalue weighted by atomic mass is 10.0. The molecule has 110 valence electrons. The first-order valence-electron chi connectivity index (χ1n) is 6.75. The van der Waals surface area contributed by atoms with Crippen LogP contribution in [0.15, 0.2) is 22.7 Å². The lowest BCUT2D eigenvalue weighted by Gasteiger charge is -2.32. The number of amides is 2. The van der Waals surface area contributed by atoms with Crippen LogP contribution in [0.25, 0.3) is 0 Å². The lowest BCUT2D eigenvalue weighted by Crippen LogP contribution is -2.44. The molecule has 0 aliphatic carbocycles. The van der Waals surface area contributed by atoms with Gasteiger partial charge in [0.2, 0.25) is 0 Å². The first kappa shape index (κ1) is 15.0. The zero-order valence-electron chi connectivity index (χ0n) is 11.9. The molecule has 1 fully saturated rings. The minimum Gasteiger partial charge on any atom is -0.380 e. The summed E-state index contributed by atoms with van der Waals surface area (Å²) in [6, 6.07) is 6.27. The molecule has 6 heteroatoms. The highest BCUT2D eigenvalue weighted by Crippen LogP contribution is 2.29. The Kier molecular flexibility index (Phi) is 4.75. The van der Waals surface area contributed by atoms with Crippen molar-refractivity contribution >= 4 is 33.3 Å². The molecule has 0 unspecified atom stereocenters. The molecule has 20 heavy (non-hydrogen) atoms. The standard InChI is InChI=1S/C14H21BrN4O/c1-18(2)13-4-3-10(15)9-12(13)17-11-5-7-19(8-6-11)14(16)20/h3-4,9,11,17H,5-8H2,1-2H3,(H2,16,20). The van der Waals surface area contributed by atoms with Crippen molar-refractivity contribution in [1.29, 1.82) is 0 Å². The highest BCUT2D eigenvalue weighted by Gasteiger charge is 2.21. The van der Waals surface area contributed by atoms with E-state index in [2.05, 4.69) is 38.3 Å². The summed E-state index contributed by atoms with van der Waals surface area (Å²) in [5.41, 5.74) is 7.57. The average Bonchev–Trinajstić information content (AvgIpc) is 2.39. The number of rotatable bonds is 3. The van der Waals surface area contributed by atoms with Gasteiger partial charge in [0.15, 0.2) is 0 Å². The van der Waals surface area contributed by atoms with E-state index in [4.69, 9.17) is 5.73 Å². The third kappa shape index (κ3) is 3.56. The molecule has 0 bridgehead atoms. The Bertz CT molecular complexity index is 484. The maximum atomic E-state index is 11.1. The van der Waals surface area contributed by atoms with Gasteiger partial charge in [-0.25, -0.2) is 4.79 Å². The van der Waals surface area contributed by atoms with E-state index in [1.54, 1.807) is 4.90 Å². The van der Waals surface area contributed by atoms with Gasteiger partial charge in [-0.05, 0) is 31.0 Å². The molecule has 0 aromatic heterocycles. The summed E-state index contributed by atoms with van der Waals surface area (Å²) >= 11 is 3.51. The van der Waals surface area contributed by atoms with Crippen LogP contribution in [0.1, 0.15) is 12.8 Å². The summed E-state index contributed by atoms with van der Waals surface area (Å²) in [7, 11) is 4.06. The van der Waals surface area contributed by atoms with E-state index < -0.39 is 0 Å². The van der Waals surface area contributed by atoms with Crippen molar-refractivity contribution in [3.63, 3.8) is 0 Å². The zero-order chi connectivity index (χ0) is 14.7. The Balaban J connectivity index is 2.04. The van der Waals surface area contributed by atoms with Crippen molar-refractivity contribution in [2.75, 3.05) is 37.4 Å². The second-order valence-electron chi connectivity index (χ2n) is 5.30. The first-order valence-corrected chi connectivity index (χ1v) is 7.54. The van der Waals surface area contributed by atoms with Gasteiger partial charge < -0.3 is 20.9 Å². The average molecular weight is 341 g/mol. The third-order valence-electron chi connectivity index (χ3n) is 3.61. The lowest BCUT2D eigenvalue weighted by molar-refractivity contribution is 0.193. The fourth-order valence-electron chi connectivity index (χ4n) is 2.48. The molecule has 1 aliphatic heterocycles. The van der Waals surface area contributed by atoms with Crippen LogP contribution in [0, 0.1) is 0 Å². The normalized spacial score (nSPS) is 16.1. The van der Waals surface area contributed by atoms with E-state index in [0.29, 0.717) is 6.04 Å². The van der Waals surface area contributed by atoms with Crippen LogP contribution in [0.3, 0.4) is 0 Å². The van der Waals surface area contributed by atoms with Crippen LogP contribution in [0.4, 0.5) is 16.2 Å². The van der Waals surface area contributed by atoms with Crippen molar-refractivity contribution in [1.82, 2.24) is 4.90 Å². The van der Waals surface area contributed by atoms with E-state index >= 15 is 0 Å². The number of primary amides is 1. The van der Waals surface area contributed by atoms with Crippen LogP contribution in [0.2, 0.25) is 0 Å². The molecule has 1 aliphatic rings. The van der Waals surface area contributed by atoms with Gasteiger partial charge in [0, 0.05) is 37.7 Å². The number of likely N-dealkylation sites (tertiary alicyclic amines) is 1. The van der Waals surface area contributed by atoms with Crippen LogP contribution in [-0.2, 0) is 0 Å². The van der Waals surface area contributed by atoms with Crippen LogP contribution < -0.4 is 16.0 Å². The Labute approximate surface area is 128 Å². The predicted octanol–water partition coefficient (Wildman–Crippen LogP) is 2.47. The Morgan fingerprint density at radius 2 is 2.05 bits per heavy atom. The molecule has 1 heterocycles. The molecule has 0 saturated carbocycles. The third-order valence-corrected chi connectivity index (χ3v) is 4.10. The predicted molar refractivity (Wildman–Crippen MR) is 86.3 cm³/mol. The number of hydrogen-bond donors (Lipinski definition) is 2. The molecule has 2 amide bonds. The number of halogens is 1. The molecule has 1 aromatic rings. The van der Waals surface area contributed by atoms with Gasteiger partial charge in [-0.2, -0.15) is 0 Å². The molecule has 0 atom stereocenters. The van der Waals surface area contributed by atoms with Gasteiger partial charge >= 0.3 is 6.03 Å². The minimum absolute atomic E-state index is 0.320. The number of benzene rings is 1. The molecular formula is C14H21BrN4O. The zero-order valence-corrected chi connectivity index (χ0v) is 13.5. The molecule has 0 radical (unpaired) electrons. The molecule has 3 N–H and O–H groups in total. The molecule has 1 saturated heterocycles. The first-order chi connectivity index (χ1) is 9.47. The van der Waals surface area contributed by atoms with Gasteiger partial charge in [0.1, 0.15) is 0 Å².